The number of benzene rings is 2. The van der Waals surface area contributed by atoms with Gasteiger partial charge in [0.25, 0.3) is 5.91 Å². The number of anilines is 2. The van der Waals surface area contributed by atoms with E-state index >= 15 is 0 Å². The summed E-state index contributed by atoms with van der Waals surface area (Å²) >= 11 is 5.98. The summed E-state index contributed by atoms with van der Waals surface area (Å²) in [6.45, 7) is 4.39. The van der Waals surface area contributed by atoms with E-state index in [0.717, 1.165) is 16.8 Å². The van der Waals surface area contributed by atoms with Gasteiger partial charge in [-0.2, -0.15) is 0 Å². The minimum atomic E-state index is -0.0967. The van der Waals surface area contributed by atoms with Crippen LogP contribution in [0.4, 0.5) is 11.4 Å². The number of nitrogens with zero attached hydrogens (tertiary/aromatic N) is 1. The lowest BCUT2D eigenvalue weighted by Gasteiger charge is -2.29. The van der Waals surface area contributed by atoms with E-state index in [-0.39, 0.29) is 18.4 Å². The first-order chi connectivity index (χ1) is 12.4. The number of halogens is 1. The Balaban J connectivity index is 1.59. The van der Waals surface area contributed by atoms with Crippen LogP contribution in [0.15, 0.2) is 36.4 Å². The van der Waals surface area contributed by atoms with E-state index < -0.39 is 0 Å². The van der Waals surface area contributed by atoms with Crippen LogP contribution in [-0.2, 0) is 9.59 Å². The van der Waals surface area contributed by atoms with Crippen LogP contribution in [0.2, 0.25) is 5.02 Å². The van der Waals surface area contributed by atoms with Gasteiger partial charge < -0.3 is 15.0 Å². The number of ether oxygens (including phenoxy) is 1. The van der Waals surface area contributed by atoms with Crippen molar-refractivity contribution >= 4 is 34.8 Å². The third-order valence-electron chi connectivity index (χ3n) is 4.32. The van der Waals surface area contributed by atoms with Crippen LogP contribution in [0.1, 0.15) is 24.0 Å². The fourth-order valence-corrected chi connectivity index (χ4v) is 3.07. The first-order valence-electron chi connectivity index (χ1n) is 8.54. The normalized spacial score (nSPS) is 13.2. The van der Waals surface area contributed by atoms with E-state index in [2.05, 4.69) is 5.32 Å². The van der Waals surface area contributed by atoms with Crippen molar-refractivity contribution in [3.63, 3.8) is 0 Å². The Hall–Kier alpha value is -2.53. The number of aryl methyl sites for hydroxylation is 2. The van der Waals surface area contributed by atoms with Crippen LogP contribution in [0, 0.1) is 13.8 Å². The molecular weight excluding hydrogens is 352 g/mol. The van der Waals surface area contributed by atoms with Gasteiger partial charge in [0.2, 0.25) is 5.91 Å². The molecular formula is C20H21ClN2O3. The zero-order valence-corrected chi connectivity index (χ0v) is 15.6. The van der Waals surface area contributed by atoms with Gasteiger partial charge in [0.15, 0.2) is 6.61 Å². The molecule has 2 aromatic carbocycles. The lowest BCUT2D eigenvalue weighted by Crippen LogP contribution is -2.39. The summed E-state index contributed by atoms with van der Waals surface area (Å²) in [5.74, 6) is 0.518. The van der Waals surface area contributed by atoms with Gasteiger partial charge in [-0.1, -0.05) is 23.7 Å². The summed E-state index contributed by atoms with van der Waals surface area (Å²) in [6.07, 6.45) is 0.877. The smallest absolute Gasteiger partial charge is 0.265 e. The molecule has 6 heteroatoms. The fraction of sp³-hybridized carbons (Fsp3) is 0.300. The van der Waals surface area contributed by atoms with E-state index in [9.17, 15) is 9.59 Å². The molecule has 1 heterocycles. The Morgan fingerprint density at radius 3 is 2.85 bits per heavy atom. The maximum absolute atomic E-state index is 12.2. The maximum atomic E-state index is 12.2. The van der Waals surface area contributed by atoms with Crippen LogP contribution < -0.4 is 15.0 Å². The van der Waals surface area contributed by atoms with Crippen LogP contribution in [0.5, 0.6) is 5.75 Å². The van der Waals surface area contributed by atoms with Crippen LogP contribution >= 0.6 is 11.6 Å². The Kier molecular flexibility index (Phi) is 5.47. The third-order valence-corrected chi connectivity index (χ3v) is 4.55. The lowest BCUT2D eigenvalue weighted by atomic mass is 10.1. The van der Waals surface area contributed by atoms with Gasteiger partial charge in [-0.05, 0) is 55.7 Å². The molecule has 2 amide bonds. The van der Waals surface area contributed by atoms with Crippen LogP contribution in [0.3, 0.4) is 0 Å². The van der Waals surface area contributed by atoms with Crippen molar-refractivity contribution in [2.75, 3.05) is 23.4 Å². The summed E-state index contributed by atoms with van der Waals surface area (Å²) in [7, 11) is 0. The van der Waals surface area contributed by atoms with Crippen molar-refractivity contribution in [3.8, 4) is 5.75 Å². The van der Waals surface area contributed by atoms with E-state index in [1.165, 1.54) is 0 Å². The average molecular weight is 373 g/mol. The molecule has 0 aliphatic carbocycles. The molecule has 26 heavy (non-hydrogen) atoms. The van der Waals surface area contributed by atoms with Crippen molar-refractivity contribution in [1.29, 1.82) is 0 Å². The Labute approximate surface area is 157 Å². The molecule has 0 atom stereocenters. The third kappa shape index (κ3) is 4.17. The molecule has 0 bridgehead atoms. The predicted molar refractivity (Wildman–Crippen MR) is 103 cm³/mol. The highest BCUT2D eigenvalue weighted by molar-refractivity contribution is 6.31. The van der Waals surface area contributed by atoms with Crippen molar-refractivity contribution in [2.24, 2.45) is 0 Å². The Bertz CT molecular complexity index is 851. The molecule has 0 aromatic heterocycles. The standard InChI is InChI=1S/C20H21ClN2O3/c1-13-5-8-18-17(10-13)23(20(25)12-26-18)9-3-4-19(24)22-16-11-15(21)7-6-14(16)2/h5-8,10-11H,3-4,9,12H2,1-2H3,(H,22,24). The van der Waals surface area contributed by atoms with E-state index in [1.54, 1.807) is 17.0 Å². The highest BCUT2D eigenvalue weighted by Gasteiger charge is 2.25. The van der Waals surface area contributed by atoms with Gasteiger partial charge >= 0.3 is 0 Å². The summed E-state index contributed by atoms with van der Waals surface area (Å²) in [6, 6.07) is 11.1. The molecule has 136 valence electrons. The highest BCUT2D eigenvalue weighted by Crippen LogP contribution is 2.33. The van der Waals surface area contributed by atoms with Crippen molar-refractivity contribution in [3.05, 3.63) is 52.5 Å². The molecule has 0 saturated heterocycles. The Morgan fingerprint density at radius 1 is 1.23 bits per heavy atom. The van der Waals surface area contributed by atoms with Gasteiger partial charge in [-0.25, -0.2) is 0 Å². The summed E-state index contributed by atoms with van der Waals surface area (Å²) in [5.41, 5.74) is 3.50. The van der Waals surface area contributed by atoms with E-state index in [4.69, 9.17) is 16.3 Å². The highest BCUT2D eigenvalue weighted by atomic mass is 35.5. The number of nitrogens with one attached hydrogen (secondary N) is 1. The first-order valence-corrected chi connectivity index (χ1v) is 8.91. The second-order valence-corrected chi connectivity index (χ2v) is 6.85. The number of carbonyl (C=O) groups is 2. The molecule has 0 unspecified atom stereocenters. The van der Waals surface area contributed by atoms with E-state index in [0.29, 0.717) is 35.8 Å². The first kappa shape index (κ1) is 18.3. The minimum Gasteiger partial charge on any atom is -0.482 e. The largest absolute Gasteiger partial charge is 0.482 e. The molecule has 3 rings (SSSR count). The molecule has 5 nitrogen and oxygen atoms in total. The van der Waals surface area contributed by atoms with Gasteiger partial charge in [0, 0.05) is 23.7 Å². The molecule has 0 fully saturated rings. The quantitative estimate of drug-likeness (QED) is 0.859. The zero-order valence-electron chi connectivity index (χ0n) is 14.8. The fourth-order valence-electron chi connectivity index (χ4n) is 2.90. The van der Waals surface area contributed by atoms with Crippen molar-refractivity contribution in [1.82, 2.24) is 0 Å². The topological polar surface area (TPSA) is 58.6 Å². The molecule has 0 saturated carbocycles. The summed E-state index contributed by atoms with van der Waals surface area (Å²) < 4.78 is 5.47. The zero-order chi connectivity index (χ0) is 18.7. The predicted octanol–water partition coefficient (Wildman–Crippen LogP) is 4.10. The second-order valence-electron chi connectivity index (χ2n) is 6.42. The summed E-state index contributed by atoms with van der Waals surface area (Å²) in [4.78, 5) is 26.1. The SMILES string of the molecule is Cc1ccc2c(c1)N(CCCC(=O)Nc1cc(Cl)ccc1C)C(=O)CO2. The van der Waals surface area contributed by atoms with Gasteiger partial charge in [-0.15, -0.1) is 0 Å². The second kappa shape index (κ2) is 7.79. The summed E-state index contributed by atoms with van der Waals surface area (Å²) in [5, 5.41) is 3.46. The molecule has 1 aliphatic heterocycles. The minimum absolute atomic E-state index is 0.0317. The average Bonchev–Trinajstić information content (AvgIpc) is 2.60. The number of fused-ring (bicyclic) bond motifs is 1. The number of hydrogen-bond donors (Lipinski definition) is 1. The molecule has 0 spiro atoms. The van der Waals surface area contributed by atoms with Crippen molar-refractivity contribution < 1.29 is 14.3 Å². The number of rotatable bonds is 5. The number of carbonyl (C=O) groups excluding carboxylic acids is 2. The van der Waals surface area contributed by atoms with Crippen LogP contribution in [-0.4, -0.2) is 25.0 Å². The van der Waals surface area contributed by atoms with Crippen LogP contribution in [0.25, 0.3) is 0 Å². The molecule has 0 radical (unpaired) electrons. The molecule has 1 aliphatic rings. The molecule has 1 N–H and O–H groups in total. The van der Waals surface area contributed by atoms with Gasteiger partial charge in [0.1, 0.15) is 5.75 Å². The monoisotopic (exact) mass is 372 g/mol. The van der Waals surface area contributed by atoms with Crippen molar-refractivity contribution in [2.45, 2.75) is 26.7 Å². The number of hydrogen-bond acceptors (Lipinski definition) is 3. The maximum Gasteiger partial charge on any atom is 0.265 e. The van der Waals surface area contributed by atoms with Gasteiger partial charge in [0.05, 0.1) is 5.69 Å². The Morgan fingerprint density at radius 2 is 2.04 bits per heavy atom. The van der Waals surface area contributed by atoms with Gasteiger partial charge in [-0.3, -0.25) is 9.59 Å². The molecule has 2 aromatic rings. The lowest BCUT2D eigenvalue weighted by molar-refractivity contribution is -0.121. The number of amides is 2. The van der Waals surface area contributed by atoms with E-state index in [1.807, 2.05) is 38.1 Å².